The van der Waals surface area contributed by atoms with Crippen LogP contribution < -0.4 is 19.1 Å². The van der Waals surface area contributed by atoms with Crippen molar-refractivity contribution in [2.45, 2.75) is 70.6 Å². The van der Waals surface area contributed by atoms with E-state index in [0.29, 0.717) is 11.7 Å². The molecule has 0 spiro atoms. The molecule has 1 aliphatic rings. The Bertz CT molecular complexity index is 1480. The lowest BCUT2D eigenvalue weighted by molar-refractivity contribution is 0.0981. The zero-order valence-electron chi connectivity index (χ0n) is 24.2. The third-order valence-corrected chi connectivity index (χ3v) is 8.81. The van der Waals surface area contributed by atoms with Crippen LogP contribution in [-0.4, -0.2) is 43.5 Å². The lowest BCUT2D eigenvalue weighted by Crippen LogP contribution is -2.44. The van der Waals surface area contributed by atoms with Crippen molar-refractivity contribution in [3.05, 3.63) is 71.4 Å². The predicted octanol–water partition coefficient (Wildman–Crippen LogP) is 5.11. The molecule has 10 heteroatoms. The van der Waals surface area contributed by atoms with Crippen molar-refractivity contribution in [2.24, 2.45) is 5.92 Å². The third kappa shape index (κ3) is 6.22. The number of rotatable bonds is 8. The Morgan fingerprint density at radius 2 is 1.77 bits per heavy atom. The number of aromatic nitrogens is 2. The lowest BCUT2D eigenvalue weighted by Gasteiger charge is -2.37. The fraction of sp³-hybridized carbons (Fsp3) is 0.433. The quantitative estimate of drug-likeness (QED) is 0.401. The molecule has 1 N–H and O–H groups in total. The number of nitrogens with zero attached hydrogens (tertiary/aromatic N) is 3. The van der Waals surface area contributed by atoms with Gasteiger partial charge in [0.1, 0.15) is 18.2 Å². The van der Waals surface area contributed by atoms with Gasteiger partial charge in [-0.25, -0.2) is 9.71 Å². The van der Waals surface area contributed by atoms with Crippen LogP contribution in [0.5, 0.6) is 11.6 Å². The molecule has 4 rings (SSSR count). The van der Waals surface area contributed by atoms with Gasteiger partial charge in [0.05, 0.1) is 12.7 Å². The SMILES string of the molecule is COc1ccc(COc2cccc(S(=O)(=O)NC(=O)c3ccc(C(C)(C)C)nc3N3CCC(C)C3(C)C)n2)cc1. The number of carbonyl (C=O) groups is 1. The van der Waals surface area contributed by atoms with Gasteiger partial charge in [-0.3, -0.25) is 4.79 Å². The number of pyridine rings is 2. The minimum atomic E-state index is -4.29. The molecule has 1 amide bonds. The van der Waals surface area contributed by atoms with Gasteiger partial charge in [-0.2, -0.15) is 13.4 Å². The molecular weight excluding hydrogens is 528 g/mol. The number of benzene rings is 1. The number of carbonyl (C=O) groups excluding carboxylic acids is 1. The van der Waals surface area contributed by atoms with Crippen LogP contribution >= 0.6 is 0 Å². The first kappa shape index (κ1) is 29.3. The maximum absolute atomic E-state index is 13.5. The summed E-state index contributed by atoms with van der Waals surface area (Å²) in [4.78, 5) is 24.6. The summed E-state index contributed by atoms with van der Waals surface area (Å²) in [5.74, 6) is 0.941. The van der Waals surface area contributed by atoms with Crippen LogP contribution in [0.2, 0.25) is 0 Å². The number of hydrogen-bond acceptors (Lipinski definition) is 8. The van der Waals surface area contributed by atoms with Crippen molar-refractivity contribution in [1.29, 1.82) is 0 Å². The second-order valence-electron chi connectivity index (χ2n) is 11.7. The molecule has 40 heavy (non-hydrogen) atoms. The fourth-order valence-corrected chi connectivity index (χ4v) is 5.52. The van der Waals surface area contributed by atoms with Crippen LogP contribution in [-0.2, 0) is 22.0 Å². The standard InChI is InChI=1S/C30H38N4O5S/c1-20-17-18-34(30(20,5)6)27-23(15-16-24(31-27)29(2,3)4)28(35)33-40(36,37)26-10-8-9-25(32-26)39-19-21-11-13-22(38-7)14-12-21/h8-16,20H,17-19H2,1-7H3,(H,33,35). The average Bonchev–Trinajstić information content (AvgIpc) is 3.18. The summed E-state index contributed by atoms with van der Waals surface area (Å²) in [6.07, 6.45) is 0.945. The molecule has 9 nitrogen and oxygen atoms in total. The van der Waals surface area contributed by atoms with Crippen molar-refractivity contribution < 1.29 is 22.7 Å². The van der Waals surface area contributed by atoms with Gasteiger partial charge in [0, 0.05) is 29.3 Å². The van der Waals surface area contributed by atoms with Gasteiger partial charge in [-0.1, -0.05) is 45.9 Å². The van der Waals surface area contributed by atoms with Crippen LogP contribution in [0.25, 0.3) is 0 Å². The molecule has 3 aromatic rings. The molecule has 2 aromatic heterocycles. The summed E-state index contributed by atoms with van der Waals surface area (Å²) in [6, 6.07) is 15.2. The van der Waals surface area contributed by atoms with Crippen LogP contribution in [0, 0.1) is 5.92 Å². The van der Waals surface area contributed by atoms with E-state index in [1.807, 2.05) is 24.3 Å². The van der Waals surface area contributed by atoms with Crippen molar-refractivity contribution in [3.63, 3.8) is 0 Å². The number of amides is 1. The van der Waals surface area contributed by atoms with Gasteiger partial charge in [0.25, 0.3) is 15.9 Å². The van der Waals surface area contributed by atoms with E-state index in [2.05, 4.69) is 56.1 Å². The Balaban J connectivity index is 1.58. The Kier molecular flexibility index (Phi) is 8.12. The first-order valence-electron chi connectivity index (χ1n) is 13.3. The molecule has 1 aliphatic heterocycles. The molecule has 214 valence electrons. The zero-order chi connectivity index (χ0) is 29.3. The predicted molar refractivity (Wildman–Crippen MR) is 154 cm³/mol. The molecule has 0 radical (unpaired) electrons. The van der Waals surface area contributed by atoms with Crippen LogP contribution in [0.4, 0.5) is 5.82 Å². The van der Waals surface area contributed by atoms with Crippen molar-refractivity contribution in [2.75, 3.05) is 18.6 Å². The minimum Gasteiger partial charge on any atom is -0.497 e. The number of hydrogen-bond donors (Lipinski definition) is 1. The van der Waals surface area contributed by atoms with E-state index in [-0.39, 0.29) is 34.0 Å². The van der Waals surface area contributed by atoms with Gasteiger partial charge < -0.3 is 14.4 Å². The van der Waals surface area contributed by atoms with Crippen molar-refractivity contribution in [1.82, 2.24) is 14.7 Å². The summed E-state index contributed by atoms with van der Waals surface area (Å²) in [5.41, 5.74) is 1.38. The van der Waals surface area contributed by atoms with E-state index < -0.39 is 15.9 Å². The number of ether oxygens (including phenoxy) is 2. The molecule has 1 aromatic carbocycles. The average molecular weight is 567 g/mol. The van der Waals surface area contributed by atoms with Gasteiger partial charge >= 0.3 is 0 Å². The molecule has 0 bridgehead atoms. The highest BCUT2D eigenvalue weighted by Gasteiger charge is 2.41. The topological polar surface area (TPSA) is 111 Å². The number of methoxy groups -OCH3 is 1. The monoisotopic (exact) mass is 566 g/mol. The minimum absolute atomic E-state index is 0.121. The number of anilines is 1. The van der Waals surface area contributed by atoms with Gasteiger partial charge in [0.15, 0.2) is 5.03 Å². The smallest absolute Gasteiger partial charge is 0.281 e. The lowest BCUT2D eigenvalue weighted by atomic mass is 9.89. The van der Waals surface area contributed by atoms with E-state index in [1.165, 1.54) is 12.1 Å². The zero-order valence-corrected chi connectivity index (χ0v) is 25.0. The summed E-state index contributed by atoms with van der Waals surface area (Å²) >= 11 is 0. The Morgan fingerprint density at radius 3 is 2.38 bits per heavy atom. The second-order valence-corrected chi connectivity index (χ2v) is 13.3. The van der Waals surface area contributed by atoms with Crippen molar-refractivity contribution >= 4 is 21.7 Å². The first-order chi connectivity index (χ1) is 18.7. The van der Waals surface area contributed by atoms with E-state index in [1.54, 1.807) is 25.3 Å². The molecule has 0 aliphatic carbocycles. The Morgan fingerprint density at radius 1 is 1.07 bits per heavy atom. The van der Waals surface area contributed by atoms with Gasteiger partial charge in [0.2, 0.25) is 5.88 Å². The third-order valence-electron chi connectivity index (χ3n) is 7.58. The molecule has 1 atom stereocenters. The van der Waals surface area contributed by atoms with Crippen LogP contribution in [0.1, 0.15) is 69.6 Å². The second kappa shape index (κ2) is 11.1. The molecule has 3 heterocycles. The van der Waals surface area contributed by atoms with E-state index >= 15 is 0 Å². The number of nitrogens with one attached hydrogen (secondary N) is 1. The highest BCUT2D eigenvalue weighted by molar-refractivity contribution is 7.90. The number of sulfonamides is 1. The van der Waals surface area contributed by atoms with Crippen LogP contribution in [0.15, 0.2) is 59.6 Å². The summed E-state index contributed by atoms with van der Waals surface area (Å²) in [7, 11) is -2.70. The summed E-state index contributed by atoms with van der Waals surface area (Å²) in [5, 5.41) is -0.316. The molecule has 0 saturated carbocycles. The Labute approximate surface area is 237 Å². The van der Waals surface area contributed by atoms with Gasteiger partial charge in [-0.15, -0.1) is 0 Å². The Hall–Kier alpha value is -3.66. The van der Waals surface area contributed by atoms with E-state index in [0.717, 1.165) is 30.0 Å². The maximum Gasteiger partial charge on any atom is 0.281 e. The highest BCUT2D eigenvalue weighted by Crippen LogP contribution is 2.39. The maximum atomic E-state index is 13.5. The van der Waals surface area contributed by atoms with Crippen molar-refractivity contribution in [3.8, 4) is 11.6 Å². The van der Waals surface area contributed by atoms with Gasteiger partial charge in [-0.05, 0) is 62.1 Å². The van der Waals surface area contributed by atoms with E-state index in [4.69, 9.17) is 14.5 Å². The summed E-state index contributed by atoms with van der Waals surface area (Å²) < 4.78 is 39.6. The highest BCUT2D eigenvalue weighted by atomic mass is 32.2. The molecule has 1 unspecified atom stereocenters. The summed E-state index contributed by atoms with van der Waals surface area (Å²) in [6.45, 7) is 13.5. The van der Waals surface area contributed by atoms with Crippen LogP contribution in [0.3, 0.4) is 0 Å². The normalized spacial score (nSPS) is 17.0. The fourth-order valence-electron chi connectivity index (χ4n) is 4.59. The largest absolute Gasteiger partial charge is 0.497 e. The van der Waals surface area contributed by atoms with E-state index in [9.17, 15) is 13.2 Å². The molecule has 1 saturated heterocycles. The molecule has 1 fully saturated rings. The first-order valence-corrected chi connectivity index (χ1v) is 14.8. The molecular formula is C30H38N4O5S.